The Hall–Kier alpha value is -0.970. The zero-order valence-corrected chi connectivity index (χ0v) is 13.7. The lowest BCUT2D eigenvalue weighted by Crippen LogP contribution is -2.40. The Labute approximate surface area is 139 Å². The Kier molecular flexibility index (Phi) is 3.51. The molecular weight excluding hydrogens is 323 g/mol. The lowest BCUT2D eigenvalue weighted by Gasteiger charge is -2.25. The maximum atomic E-state index is 12.6. The summed E-state index contributed by atoms with van der Waals surface area (Å²) in [5.74, 6) is 0.142. The minimum absolute atomic E-state index is 0.0438. The van der Waals surface area contributed by atoms with E-state index in [1.54, 1.807) is 0 Å². The highest BCUT2D eigenvalue weighted by Crippen LogP contribution is 2.46. The minimum atomic E-state index is -0.238. The number of hydrogen-bond acceptors (Lipinski definition) is 3. The summed E-state index contributed by atoms with van der Waals surface area (Å²) in [6.45, 7) is 3.03. The lowest BCUT2D eigenvalue weighted by molar-refractivity contribution is -0.140. The molecule has 1 amide bonds. The van der Waals surface area contributed by atoms with Gasteiger partial charge in [-0.3, -0.25) is 4.79 Å². The summed E-state index contributed by atoms with van der Waals surface area (Å²) >= 11 is 12.3. The summed E-state index contributed by atoms with van der Waals surface area (Å²) in [5.41, 5.74) is 2.18. The summed E-state index contributed by atoms with van der Waals surface area (Å²) in [4.78, 5) is 14.5. The van der Waals surface area contributed by atoms with E-state index in [9.17, 15) is 4.79 Å². The smallest absolute Gasteiger partial charge is 0.251 e. The average Bonchev–Trinajstić information content (AvgIpc) is 3.23. The number of hydrogen-bond donors (Lipinski definition) is 1. The fraction of sp³-hybridized carbons (Fsp3) is 0.562. The Morgan fingerprint density at radius 2 is 2.18 bits per heavy atom. The molecule has 1 N–H and O–H groups in total. The molecule has 2 atom stereocenters. The first-order chi connectivity index (χ1) is 10.6. The van der Waals surface area contributed by atoms with E-state index in [-0.39, 0.29) is 17.4 Å². The van der Waals surface area contributed by atoms with Crippen molar-refractivity contribution in [1.82, 2.24) is 4.90 Å². The fourth-order valence-electron chi connectivity index (χ4n) is 3.89. The molecule has 0 saturated carbocycles. The van der Waals surface area contributed by atoms with Gasteiger partial charge in [0.05, 0.1) is 10.0 Å². The van der Waals surface area contributed by atoms with Crippen LogP contribution in [0.1, 0.15) is 24.8 Å². The molecule has 3 heterocycles. The van der Waals surface area contributed by atoms with Crippen molar-refractivity contribution >= 4 is 34.8 Å². The molecule has 1 spiro atoms. The van der Waals surface area contributed by atoms with Crippen LogP contribution in [0.2, 0.25) is 10.0 Å². The van der Waals surface area contributed by atoms with Crippen molar-refractivity contribution in [3.8, 4) is 0 Å². The van der Waals surface area contributed by atoms with Gasteiger partial charge in [0.2, 0.25) is 0 Å². The summed E-state index contributed by atoms with van der Waals surface area (Å²) < 4.78 is 5.54. The second-order valence-electron chi connectivity index (χ2n) is 6.46. The van der Waals surface area contributed by atoms with E-state index >= 15 is 0 Å². The van der Waals surface area contributed by atoms with E-state index in [2.05, 4.69) is 5.32 Å². The van der Waals surface area contributed by atoms with Crippen molar-refractivity contribution in [2.45, 2.75) is 30.8 Å². The summed E-state index contributed by atoms with van der Waals surface area (Å²) in [6.07, 6.45) is 2.54. The molecule has 1 aromatic carbocycles. The number of anilines is 1. The number of carbonyl (C=O) groups is 1. The molecule has 2 saturated heterocycles. The molecule has 22 heavy (non-hydrogen) atoms. The van der Waals surface area contributed by atoms with E-state index in [4.69, 9.17) is 27.9 Å². The fourth-order valence-corrected chi connectivity index (χ4v) is 4.22. The quantitative estimate of drug-likeness (QED) is 0.854. The molecule has 6 heteroatoms. The second kappa shape index (κ2) is 5.29. The molecule has 4 rings (SSSR count). The van der Waals surface area contributed by atoms with Crippen LogP contribution in [0.4, 0.5) is 5.69 Å². The van der Waals surface area contributed by atoms with Crippen molar-refractivity contribution in [3.63, 3.8) is 0 Å². The lowest BCUT2D eigenvalue weighted by atomic mass is 9.81. The largest absolute Gasteiger partial charge is 0.384 e. The first-order valence-electron chi connectivity index (χ1n) is 7.73. The van der Waals surface area contributed by atoms with Crippen LogP contribution < -0.4 is 5.32 Å². The molecule has 3 aliphatic heterocycles. The normalized spacial score (nSPS) is 29.9. The van der Waals surface area contributed by atoms with Gasteiger partial charge in [0.1, 0.15) is 6.10 Å². The predicted octanol–water partition coefficient (Wildman–Crippen LogP) is 3.07. The maximum absolute atomic E-state index is 12.6. The summed E-state index contributed by atoms with van der Waals surface area (Å²) in [6, 6.07) is 3.85. The molecule has 4 nitrogen and oxygen atoms in total. The highest BCUT2D eigenvalue weighted by Gasteiger charge is 2.47. The SMILES string of the molecule is O=C([C@H]1CCCO1)N1CC[C@@]2(CNc3cc(Cl)c(Cl)cc32)C1. The molecule has 0 bridgehead atoms. The maximum Gasteiger partial charge on any atom is 0.251 e. The summed E-state index contributed by atoms with van der Waals surface area (Å²) in [7, 11) is 0. The van der Waals surface area contributed by atoms with E-state index in [1.165, 1.54) is 5.56 Å². The van der Waals surface area contributed by atoms with Gasteiger partial charge in [-0.15, -0.1) is 0 Å². The van der Waals surface area contributed by atoms with Gasteiger partial charge >= 0.3 is 0 Å². The van der Waals surface area contributed by atoms with E-state index in [0.717, 1.165) is 44.6 Å². The first kappa shape index (κ1) is 14.6. The van der Waals surface area contributed by atoms with Crippen LogP contribution in [0.15, 0.2) is 12.1 Å². The number of ether oxygens (including phenoxy) is 1. The number of nitrogens with one attached hydrogen (secondary N) is 1. The minimum Gasteiger partial charge on any atom is -0.384 e. The van der Waals surface area contributed by atoms with Gasteiger partial charge < -0.3 is 15.0 Å². The average molecular weight is 341 g/mol. The van der Waals surface area contributed by atoms with Crippen LogP contribution in [0.5, 0.6) is 0 Å². The first-order valence-corrected chi connectivity index (χ1v) is 8.48. The molecule has 118 valence electrons. The van der Waals surface area contributed by atoms with Crippen LogP contribution in [-0.4, -0.2) is 43.2 Å². The monoisotopic (exact) mass is 340 g/mol. The van der Waals surface area contributed by atoms with Crippen LogP contribution in [-0.2, 0) is 14.9 Å². The van der Waals surface area contributed by atoms with Crippen LogP contribution >= 0.6 is 23.2 Å². The Morgan fingerprint density at radius 3 is 2.95 bits per heavy atom. The third-order valence-electron chi connectivity index (χ3n) is 5.12. The van der Waals surface area contributed by atoms with Crippen LogP contribution in [0.25, 0.3) is 0 Å². The van der Waals surface area contributed by atoms with Gasteiger partial charge in [-0.25, -0.2) is 0 Å². The van der Waals surface area contributed by atoms with Crippen molar-refractivity contribution in [2.24, 2.45) is 0 Å². The van der Waals surface area contributed by atoms with Gasteiger partial charge in [0.25, 0.3) is 5.91 Å². The third kappa shape index (κ3) is 2.20. The molecule has 1 aromatic rings. The van der Waals surface area contributed by atoms with Crippen LogP contribution in [0.3, 0.4) is 0 Å². The standard InChI is InChI=1S/C16H18Cl2N2O2/c17-11-6-10-13(7-12(11)18)19-8-16(10)3-4-20(9-16)15(21)14-2-1-5-22-14/h6-7,14,19H,1-5,8-9H2/t14-,16-/m1/s1. The van der Waals surface area contributed by atoms with Gasteiger partial charge in [0.15, 0.2) is 0 Å². The highest BCUT2D eigenvalue weighted by atomic mass is 35.5. The number of nitrogens with zero attached hydrogens (tertiary/aromatic N) is 1. The van der Waals surface area contributed by atoms with Gasteiger partial charge in [0, 0.05) is 37.3 Å². The number of halogens is 2. The van der Waals surface area contributed by atoms with Crippen molar-refractivity contribution in [2.75, 3.05) is 31.6 Å². The Balaban J connectivity index is 1.58. The number of amides is 1. The Bertz CT molecular complexity index is 631. The van der Waals surface area contributed by atoms with Gasteiger partial charge in [-0.2, -0.15) is 0 Å². The number of likely N-dealkylation sites (tertiary alicyclic amines) is 1. The van der Waals surface area contributed by atoms with E-state index in [0.29, 0.717) is 16.7 Å². The predicted molar refractivity (Wildman–Crippen MR) is 86.8 cm³/mol. The molecule has 0 radical (unpaired) electrons. The molecule has 2 fully saturated rings. The molecule has 3 aliphatic rings. The summed E-state index contributed by atoms with van der Waals surface area (Å²) in [5, 5.41) is 4.56. The highest BCUT2D eigenvalue weighted by molar-refractivity contribution is 6.42. The molecule has 0 unspecified atom stereocenters. The molecular formula is C16H18Cl2N2O2. The van der Waals surface area contributed by atoms with Crippen molar-refractivity contribution in [1.29, 1.82) is 0 Å². The van der Waals surface area contributed by atoms with Gasteiger partial charge in [-0.05, 0) is 37.0 Å². The molecule has 0 aromatic heterocycles. The van der Waals surface area contributed by atoms with Gasteiger partial charge in [-0.1, -0.05) is 23.2 Å². The second-order valence-corrected chi connectivity index (χ2v) is 7.27. The zero-order valence-electron chi connectivity index (χ0n) is 12.2. The van der Waals surface area contributed by atoms with Crippen LogP contribution in [0, 0.1) is 0 Å². The number of rotatable bonds is 1. The van der Waals surface area contributed by atoms with E-state index in [1.807, 2.05) is 17.0 Å². The van der Waals surface area contributed by atoms with Crippen molar-refractivity contribution < 1.29 is 9.53 Å². The Morgan fingerprint density at radius 1 is 1.36 bits per heavy atom. The van der Waals surface area contributed by atoms with Crippen molar-refractivity contribution in [3.05, 3.63) is 27.7 Å². The number of carbonyl (C=O) groups excluding carboxylic acids is 1. The topological polar surface area (TPSA) is 41.6 Å². The van der Waals surface area contributed by atoms with E-state index < -0.39 is 0 Å². The zero-order chi connectivity index (χ0) is 15.3. The third-order valence-corrected chi connectivity index (χ3v) is 5.84. The number of fused-ring (bicyclic) bond motifs is 2. The molecule has 0 aliphatic carbocycles. The number of benzene rings is 1.